The summed E-state index contributed by atoms with van der Waals surface area (Å²) >= 11 is 8.92. The summed E-state index contributed by atoms with van der Waals surface area (Å²) < 4.78 is 1.82. The monoisotopic (exact) mass is 348 g/mol. The molecule has 2 aromatic rings. The first kappa shape index (κ1) is 14.0. The molecule has 1 heterocycles. The van der Waals surface area contributed by atoms with Crippen molar-refractivity contribution in [3.8, 4) is 0 Å². The van der Waals surface area contributed by atoms with E-state index in [1.807, 2.05) is 12.1 Å². The number of halogens is 1. The summed E-state index contributed by atoms with van der Waals surface area (Å²) in [4.78, 5) is 7.98. The predicted octanol–water partition coefficient (Wildman–Crippen LogP) is 5.15. The van der Waals surface area contributed by atoms with Gasteiger partial charge >= 0.3 is 0 Å². The number of aromatic nitrogens is 2. The van der Waals surface area contributed by atoms with Gasteiger partial charge < -0.3 is 4.98 Å². The normalized spacial score (nSPS) is 15.7. The Morgan fingerprint density at radius 2 is 2.00 bits per heavy atom. The number of benzene rings is 1. The molecule has 104 valence electrons. The summed E-state index contributed by atoms with van der Waals surface area (Å²) in [5, 5.41) is 0. The number of hydrogen-bond donors (Lipinski definition) is 1. The van der Waals surface area contributed by atoms with E-state index in [1.165, 1.54) is 36.9 Å². The van der Waals surface area contributed by atoms with Crippen molar-refractivity contribution in [1.82, 2.24) is 9.97 Å². The lowest BCUT2D eigenvalue weighted by molar-refractivity contribution is 0.684. The number of hydrogen-bond acceptors (Lipinski definition) is 2. The van der Waals surface area contributed by atoms with Crippen LogP contribution in [0.15, 0.2) is 34.8 Å². The van der Waals surface area contributed by atoms with Crippen molar-refractivity contribution in [2.75, 3.05) is 0 Å². The van der Waals surface area contributed by atoms with Crippen LogP contribution in [-0.2, 0) is 6.42 Å². The molecule has 0 aliphatic heterocycles. The summed E-state index contributed by atoms with van der Waals surface area (Å²) in [5.41, 5.74) is 2.50. The highest BCUT2D eigenvalue weighted by Crippen LogP contribution is 2.33. The molecule has 1 aromatic heterocycles. The quantitative estimate of drug-likeness (QED) is 0.777. The molecule has 0 atom stereocenters. The maximum atomic E-state index is 5.33. The van der Waals surface area contributed by atoms with Gasteiger partial charge in [-0.3, -0.25) is 0 Å². The average Bonchev–Trinajstić information content (AvgIpc) is 2.95. The van der Waals surface area contributed by atoms with E-state index in [-0.39, 0.29) is 0 Å². The van der Waals surface area contributed by atoms with Gasteiger partial charge in [0.15, 0.2) is 0 Å². The fraction of sp³-hybridized carbons (Fsp3) is 0.375. The molecule has 1 aliphatic rings. The Morgan fingerprint density at radius 1 is 1.25 bits per heavy atom. The molecule has 2 nitrogen and oxygen atoms in total. The lowest BCUT2D eigenvalue weighted by Gasteiger charge is -2.12. The van der Waals surface area contributed by atoms with Gasteiger partial charge in [0.2, 0.25) is 0 Å². The van der Waals surface area contributed by atoms with Gasteiger partial charge in [-0.15, -0.1) is 0 Å². The van der Waals surface area contributed by atoms with E-state index in [0.29, 0.717) is 10.6 Å². The van der Waals surface area contributed by atoms with E-state index in [9.17, 15) is 0 Å². The zero-order valence-corrected chi connectivity index (χ0v) is 13.6. The van der Waals surface area contributed by atoms with Crippen molar-refractivity contribution in [2.45, 2.75) is 38.0 Å². The second-order valence-electron chi connectivity index (χ2n) is 5.37. The Morgan fingerprint density at radius 3 is 2.75 bits per heavy atom. The van der Waals surface area contributed by atoms with E-state index >= 15 is 0 Å². The van der Waals surface area contributed by atoms with Crippen LogP contribution in [0.2, 0.25) is 0 Å². The fourth-order valence-electron chi connectivity index (χ4n) is 2.89. The molecule has 0 saturated heterocycles. The second-order valence-corrected chi connectivity index (χ2v) is 6.64. The Labute approximate surface area is 132 Å². The maximum Gasteiger partial charge on any atom is 0.130 e. The maximum absolute atomic E-state index is 5.33. The van der Waals surface area contributed by atoms with Gasteiger partial charge in [-0.05, 0) is 36.5 Å². The highest BCUT2D eigenvalue weighted by atomic mass is 79.9. The minimum atomic E-state index is 0.637. The molecular weight excluding hydrogens is 332 g/mol. The Kier molecular flexibility index (Phi) is 4.32. The minimum absolute atomic E-state index is 0.637. The second kappa shape index (κ2) is 6.19. The molecular formula is C16H17BrN2S. The van der Waals surface area contributed by atoms with E-state index in [1.54, 1.807) is 0 Å². The van der Waals surface area contributed by atoms with Crippen molar-refractivity contribution in [2.24, 2.45) is 0 Å². The van der Waals surface area contributed by atoms with Gasteiger partial charge in [-0.1, -0.05) is 59.2 Å². The van der Waals surface area contributed by atoms with Crippen LogP contribution in [0.4, 0.5) is 0 Å². The number of aromatic amines is 1. The molecule has 3 rings (SSSR count). The molecule has 1 saturated carbocycles. The summed E-state index contributed by atoms with van der Waals surface area (Å²) in [7, 11) is 0. The fourth-order valence-corrected chi connectivity index (χ4v) is 3.55. The Hall–Kier alpha value is -1.000. The minimum Gasteiger partial charge on any atom is -0.347 e. The summed E-state index contributed by atoms with van der Waals surface area (Å²) in [6.07, 6.45) is 5.97. The van der Waals surface area contributed by atoms with E-state index in [4.69, 9.17) is 12.2 Å². The molecule has 1 fully saturated rings. The van der Waals surface area contributed by atoms with E-state index in [0.717, 1.165) is 16.7 Å². The van der Waals surface area contributed by atoms with Crippen LogP contribution >= 0.6 is 28.1 Å². The van der Waals surface area contributed by atoms with Crippen LogP contribution in [0.3, 0.4) is 0 Å². The molecule has 4 heteroatoms. The van der Waals surface area contributed by atoms with E-state index < -0.39 is 0 Å². The highest BCUT2D eigenvalue weighted by molar-refractivity contribution is 9.10. The van der Waals surface area contributed by atoms with Crippen molar-refractivity contribution in [1.29, 1.82) is 0 Å². The SMILES string of the molecule is S=c1cc(C2CCCC2)[nH]c(Cc2ccccc2Br)n1. The molecule has 1 aromatic carbocycles. The smallest absolute Gasteiger partial charge is 0.130 e. The molecule has 0 amide bonds. The molecule has 0 radical (unpaired) electrons. The number of rotatable bonds is 3. The number of H-pyrrole nitrogens is 1. The lowest BCUT2D eigenvalue weighted by Crippen LogP contribution is -2.04. The van der Waals surface area contributed by atoms with Crippen LogP contribution in [-0.4, -0.2) is 9.97 Å². The van der Waals surface area contributed by atoms with Crippen LogP contribution < -0.4 is 0 Å². The predicted molar refractivity (Wildman–Crippen MR) is 87.6 cm³/mol. The van der Waals surface area contributed by atoms with Gasteiger partial charge in [0.1, 0.15) is 10.5 Å². The highest BCUT2D eigenvalue weighted by Gasteiger charge is 2.18. The first-order valence-corrected chi connectivity index (χ1v) is 8.26. The van der Waals surface area contributed by atoms with Crippen LogP contribution in [0.5, 0.6) is 0 Å². The lowest BCUT2D eigenvalue weighted by atomic mass is 10.0. The average molecular weight is 349 g/mol. The number of nitrogens with one attached hydrogen (secondary N) is 1. The van der Waals surface area contributed by atoms with E-state index in [2.05, 4.69) is 44.1 Å². The molecule has 1 N–H and O–H groups in total. The molecule has 0 spiro atoms. The first-order chi connectivity index (χ1) is 9.72. The standard InChI is InChI=1S/C16H17BrN2S/c17-13-8-4-3-7-12(13)9-15-18-14(10-16(20)19-15)11-5-1-2-6-11/h3-4,7-8,10-11H,1-2,5-6,9H2,(H,18,19,20). The Balaban J connectivity index is 1.90. The zero-order valence-electron chi connectivity index (χ0n) is 11.2. The third-order valence-electron chi connectivity index (χ3n) is 3.92. The van der Waals surface area contributed by atoms with Crippen molar-refractivity contribution < 1.29 is 0 Å². The summed E-state index contributed by atoms with van der Waals surface area (Å²) in [5.74, 6) is 1.60. The van der Waals surface area contributed by atoms with Crippen LogP contribution in [0.1, 0.15) is 48.7 Å². The number of nitrogens with zero attached hydrogens (tertiary/aromatic N) is 1. The summed E-state index contributed by atoms with van der Waals surface area (Å²) in [6, 6.07) is 10.3. The van der Waals surface area contributed by atoms with Crippen LogP contribution in [0, 0.1) is 4.64 Å². The molecule has 20 heavy (non-hydrogen) atoms. The Bertz CT molecular complexity index is 660. The largest absolute Gasteiger partial charge is 0.347 e. The van der Waals surface area contributed by atoms with Crippen molar-refractivity contribution in [3.63, 3.8) is 0 Å². The molecule has 1 aliphatic carbocycles. The van der Waals surface area contributed by atoms with Gasteiger partial charge in [0.25, 0.3) is 0 Å². The van der Waals surface area contributed by atoms with Gasteiger partial charge in [-0.2, -0.15) is 0 Å². The van der Waals surface area contributed by atoms with Gasteiger partial charge in [0, 0.05) is 16.6 Å². The first-order valence-electron chi connectivity index (χ1n) is 7.06. The zero-order chi connectivity index (χ0) is 13.9. The third kappa shape index (κ3) is 3.18. The topological polar surface area (TPSA) is 28.7 Å². The molecule has 0 bridgehead atoms. The van der Waals surface area contributed by atoms with Gasteiger partial charge in [0.05, 0.1) is 0 Å². The third-order valence-corrected chi connectivity index (χ3v) is 4.91. The van der Waals surface area contributed by atoms with Crippen molar-refractivity contribution in [3.05, 3.63) is 56.5 Å². The summed E-state index contributed by atoms with van der Waals surface area (Å²) in [6.45, 7) is 0. The van der Waals surface area contributed by atoms with Gasteiger partial charge in [-0.25, -0.2) is 4.98 Å². The van der Waals surface area contributed by atoms with Crippen molar-refractivity contribution >= 4 is 28.1 Å². The molecule has 0 unspecified atom stereocenters. The van der Waals surface area contributed by atoms with Crippen LogP contribution in [0.25, 0.3) is 0 Å².